The van der Waals surface area contributed by atoms with Gasteiger partial charge in [0.15, 0.2) is 0 Å². The van der Waals surface area contributed by atoms with Crippen LogP contribution in [0.15, 0.2) is 6.20 Å². The molecule has 0 saturated heterocycles. The molecule has 1 heterocycles. The molecule has 1 rings (SSSR count). The van der Waals surface area contributed by atoms with Crippen molar-refractivity contribution in [1.82, 2.24) is 9.97 Å². The SMILES string of the molecule is CCCCCNc1ncc(C(=O)OCC)c(C)n1. The van der Waals surface area contributed by atoms with Crippen LogP contribution in [0, 0.1) is 6.92 Å². The van der Waals surface area contributed by atoms with E-state index < -0.39 is 0 Å². The van der Waals surface area contributed by atoms with E-state index in [1.165, 1.54) is 19.0 Å². The number of aryl methyl sites for hydroxylation is 1. The number of unbranched alkanes of at least 4 members (excludes halogenated alkanes) is 2. The van der Waals surface area contributed by atoms with E-state index >= 15 is 0 Å². The molecule has 0 aliphatic rings. The van der Waals surface area contributed by atoms with Crippen molar-refractivity contribution >= 4 is 11.9 Å². The third-order valence-electron chi connectivity index (χ3n) is 2.54. The summed E-state index contributed by atoms with van der Waals surface area (Å²) < 4.78 is 4.92. The first-order valence-corrected chi connectivity index (χ1v) is 6.43. The number of hydrogen-bond donors (Lipinski definition) is 1. The molecule has 1 aromatic rings. The fourth-order valence-corrected chi connectivity index (χ4v) is 1.54. The second kappa shape index (κ2) is 7.63. The minimum Gasteiger partial charge on any atom is -0.462 e. The van der Waals surface area contributed by atoms with Crippen molar-refractivity contribution in [3.05, 3.63) is 17.5 Å². The monoisotopic (exact) mass is 251 g/mol. The molecule has 0 aliphatic heterocycles. The lowest BCUT2D eigenvalue weighted by Gasteiger charge is -2.07. The van der Waals surface area contributed by atoms with Gasteiger partial charge in [-0.3, -0.25) is 0 Å². The first kappa shape index (κ1) is 14.4. The highest BCUT2D eigenvalue weighted by atomic mass is 16.5. The number of nitrogens with one attached hydrogen (secondary N) is 1. The first-order chi connectivity index (χ1) is 8.69. The van der Waals surface area contributed by atoms with E-state index in [4.69, 9.17) is 4.74 Å². The van der Waals surface area contributed by atoms with Gasteiger partial charge in [0, 0.05) is 12.7 Å². The van der Waals surface area contributed by atoms with Crippen LogP contribution in [0.2, 0.25) is 0 Å². The molecule has 1 aromatic heterocycles. The summed E-state index contributed by atoms with van der Waals surface area (Å²) in [5.74, 6) is 0.198. The molecular formula is C13H21N3O2. The van der Waals surface area contributed by atoms with Gasteiger partial charge in [0.25, 0.3) is 0 Å². The number of nitrogens with zero attached hydrogens (tertiary/aromatic N) is 2. The van der Waals surface area contributed by atoms with Crippen LogP contribution < -0.4 is 5.32 Å². The van der Waals surface area contributed by atoms with Gasteiger partial charge >= 0.3 is 5.97 Å². The fourth-order valence-electron chi connectivity index (χ4n) is 1.54. The number of carbonyl (C=O) groups is 1. The Bertz CT molecular complexity index is 394. The predicted molar refractivity (Wildman–Crippen MR) is 70.7 cm³/mol. The minimum absolute atomic E-state index is 0.356. The van der Waals surface area contributed by atoms with Gasteiger partial charge in [-0.2, -0.15) is 0 Å². The van der Waals surface area contributed by atoms with Crippen LogP contribution in [0.4, 0.5) is 5.95 Å². The van der Waals surface area contributed by atoms with Crippen molar-refractivity contribution in [2.24, 2.45) is 0 Å². The van der Waals surface area contributed by atoms with Gasteiger partial charge in [0.1, 0.15) is 0 Å². The quantitative estimate of drug-likeness (QED) is 0.596. The zero-order valence-electron chi connectivity index (χ0n) is 11.3. The van der Waals surface area contributed by atoms with Crippen LogP contribution in [0.5, 0.6) is 0 Å². The van der Waals surface area contributed by atoms with E-state index in [1.807, 2.05) is 0 Å². The first-order valence-electron chi connectivity index (χ1n) is 6.43. The number of rotatable bonds is 7. The highest BCUT2D eigenvalue weighted by Gasteiger charge is 2.12. The van der Waals surface area contributed by atoms with E-state index in [9.17, 15) is 4.79 Å². The zero-order valence-corrected chi connectivity index (χ0v) is 11.3. The second-order valence-corrected chi connectivity index (χ2v) is 4.05. The van der Waals surface area contributed by atoms with Gasteiger partial charge in [-0.15, -0.1) is 0 Å². The van der Waals surface area contributed by atoms with Crippen LogP contribution in [0.3, 0.4) is 0 Å². The highest BCUT2D eigenvalue weighted by molar-refractivity contribution is 5.90. The Labute approximate surface area is 108 Å². The summed E-state index contributed by atoms with van der Waals surface area (Å²) in [4.78, 5) is 19.9. The summed E-state index contributed by atoms with van der Waals surface area (Å²) >= 11 is 0. The van der Waals surface area contributed by atoms with Crippen molar-refractivity contribution in [3.63, 3.8) is 0 Å². The van der Waals surface area contributed by atoms with Gasteiger partial charge in [0.05, 0.1) is 17.9 Å². The summed E-state index contributed by atoms with van der Waals surface area (Å²) in [7, 11) is 0. The summed E-state index contributed by atoms with van der Waals surface area (Å²) in [5, 5.41) is 3.14. The molecule has 0 bridgehead atoms. The summed E-state index contributed by atoms with van der Waals surface area (Å²) in [6.45, 7) is 6.93. The molecule has 18 heavy (non-hydrogen) atoms. The number of anilines is 1. The average molecular weight is 251 g/mol. The number of carbonyl (C=O) groups excluding carboxylic acids is 1. The Morgan fingerprint density at radius 3 is 2.78 bits per heavy atom. The van der Waals surface area contributed by atoms with Crippen LogP contribution in [0.25, 0.3) is 0 Å². The number of esters is 1. The second-order valence-electron chi connectivity index (χ2n) is 4.05. The molecule has 1 N–H and O–H groups in total. The molecule has 0 unspecified atom stereocenters. The Hall–Kier alpha value is -1.65. The average Bonchev–Trinajstić information content (AvgIpc) is 2.35. The van der Waals surface area contributed by atoms with E-state index in [-0.39, 0.29) is 5.97 Å². The molecule has 5 heteroatoms. The molecule has 0 radical (unpaired) electrons. The molecule has 0 atom stereocenters. The topological polar surface area (TPSA) is 64.1 Å². The summed E-state index contributed by atoms with van der Waals surface area (Å²) in [6.07, 6.45) is 4.98. The zero-order chi connectivity index (χ0) is 13.4. The Morgan fingerprint density at radius 2 is 2.17 bits per heavy atom. The van der Waals surface area contributed by atoms with Crippen LogP contribution in [-0.2, 0) is 4.74 Å². The van der Waals surface area contributed by atoms with Crippen LogP contribution >= 0.6 is 0 Å². The van der Waals surface area contributed by atoms with Gasteiger partial charge in [-0.05, 0) is 20.3 Å². The molecule has 0 saturated carbocycles. The maximum absolute atomic E-state index is 11.6. The Morgan fingerprint density at radius 1 is 1.39 bits per heavy atom. The lowest BCUT2D eigenvalue weighted by atomic mass is 10.2. The molecule has 100 valence electrons. The van der Waals surface area contributed by atoms with E-state index in [0.717, 1.165) is 13.0 Å². The smallest absolute Gasteiger partial charge is 0.341 e. The summed E-state index contributed by atoms with van der Waals surface area (Å²) in [6, 6.07) is 0. The molecule has 0 aliphatic carbocycles. The molecule has 5 nitrogen and oxygen atoms in total. The van der Waals surface area contributed by atoms with E-state index in [2.05, 4.69) is 22.2 Å². The van der Waals surface area contributed by atoms with Crippen molar-refractivity contribution in [3.8, 4) is 0 Å². The van der Waals surface area contributed by atoms with Crippen molar-refractivity contribution in [2.45, 2.75) is 40.0 Å². The normalized spacial score (nSPS) is 10.2. The Kier molecular flexibility index (Phi) is 6.11. The predicted octanol–water partition coefficient (Wildman–Crippen LogP) is 2.56. The van der Waals surface area contributed by atoms with Crippen LogP contribution in [-0.4, -0.2) is 29.1 Å². The van der Waals surface area contributed by atoms with Crippen molar-refractivity contribution in [1.29, 1.82) is 0 Å². The standard InChI is InChI=1S/C13H21N3O2/c1-4-6-7-8-14-13-15-9-11(10(3)16-13)12(17)18-5-2/h9H,4-8H2,1-3H3,(H,14,15,16). The van der Waals surface area contributed by atoms with E-state index in [0.29, 0.717) is 23.8 Å². The maximum Gasteiger partial charge on any atom is 0.341 e. The third kappa shape index (κ3) is 4.31. The van der Waals surface area contributed by atoms with Gasteiger partial charge < -0.3 is 10.1 Å². The van der Waals surface area contributed by atoms with E-state index in [1.54, 1.807) is 13.8 Å². The lowest BCUT2D eigenvalue weighted by molar-refractivity contribution is 0.0524. The van der Waals surface area contributed by atoms with Crippen molar-refractivity contribution < 1.29 is 9.53 Å². The van der Waals surface area contributed by atoms with Crippen molar-refractivity contribution in [2.75, 3.05) is 18.5 Å². The fraction of sp³-hybridized carbons (Fsp3) is 0.615. The Balaban J connectivity index is 2.59. The lowest BCUT2D eigenvalue weighted by Crippen LogP contribution is -2.11. The number of hydrogen-bond acceptors (Lipinski definition) is 5. The molecule has 0 fully saturated rings. The maximum atomic E-state index is 11.6. The molecular weight excluding hydrogens is 230 g/mol. The number of ether oxygens (including phenoxy) is 1. The highest BCUT2D eigenvalue weighted by Crippen LogP contribution is 2.09. The minimum atomic E-state index is -0.368. The largest absolute Gasteiger partial charge is 0.462 e. The molecule has 0 amide bonds. The molecule has 0 spiro atoms. The van der Waals surface area contributed by atoms with Gasteiger partial charge in [-0.25, -0.2) is 14.8 Å². The van der Waals surface area contributed by atoms with Gasteiger partial charge in [0.2, 0.25) is 5.95 Å². The number of aromatic nitrogens is 2. The third-order valence-corrected chi connectivity index (χ3v) is 2.54. The van der Waals surface area contributed by atoms with Crippen LogP contribution in [0.1, 0.15) is 49.2 Å². The van der Waals surface area contributed by atoms with Gasteiger partial charge in [-0.1, -0.05) is 19.8 Å². The summed E-state index contributed by atoms with van der Waals surface area (Å²) in [5.41, 5.74) is 1.07. The molecule has 0 aromatic carbocycles.